The van der Waals surface area contributed by atoms with Crippen LogP contribution in [-0.2, 0) is 27.4 Å². The fourth-order valence-electron chi connectivity index (χ4n) is 3.50. The first-order valence-electron chi connectivity index (χ1n) is 9.92. The van der Waals surface area contributed by atoms with E-state index in [1.807, 2.05) is 49.6 Å². The summed E-state index contributed by atoms with van der Waals surface area (Å²) >= 11 is 0. The lowest BCUT2D eigenvalue weighted by Crippen LogP contribution is -2.16. The van der Waals surface area contributed by atoms with Crippen LogP contribution < -0.4 is 0 Å². The number of benzene rings is 1. The molecule has 0 unspecified atom stereocenters. The molecule has 0 aliphatic carbocycles. The predicted molar refractivity (Wildman–Crippen MR) is 112 cm³/mol. The summed E-state index contributed by atoms with van der Waals surface area (Å²) in [5, 5.41) is 0.797. The quantitative estimate of drug-likeness (QED) is 0.368. The number of ether oxygens (including phenoxy) is 3. The van der Waals surface area contributed by atoms with E-state index in [1.165, 1.54) is 0 Å². The summed E-state index contributed by atoms with van der Waals surface area (Å²) in [4.78, 5) is 25.4. The van der Waals surface area contributed by atoms with E-state index in [1.54, 1.807) is 13.2 Å². The Morgan fingerprint density at radius 1 is 1.17 bits per heavy atom. The molecule has 1 aromatic carbocycles. The highest BCUT2D eigenvalue weighted by Gasteiger charge is 2.24. The lowest BCUT2D eigenvalue weighted by Gasteiger charge is -2.09. The molecule has 0 amide bonds. The molecule has 0 fully saturated rings. The second-order valence-electron chi connectivity index (χ2n) is 6.97. The standard InChI is InChI=1S/C23H27NO6/c1-5-28-13-19-17-8-6-7-9-21(17)30-22(19)23(26)29-14-20(25)18-12-15(2)24(16(18)3)10-11-27-4/h6-9,12H,5,10-11,13-14H2,1-4H3. The summed E-state index contributed by atoms with van der Waals surface area (Å²) < 4.78 is 23.6. The number of nitrogens with zero attached hydrogens (tertiary/aromatic N) is 1. The summed E-state index contributed by atoms with van der Waals surface area (Å²) in [6.45, 7) is 7.25. The molecule has 3 rings (SSSR count). The van der Waals surface area contributed by atoms with Gasteiger partial charge in [-0.25, -0.2) is 4.79 Å². The number of carbonyl (C=O) groups is 2. The highest BCUT2D eigenvalue weighted by atomic mass is 16.5. The van der Waals surface area contributed by atoms with Crippen molar-refractivity contribution < 1.29 is 28.2 Å². The molecule has 0 N–H and O–H groups in total. The van der Waals surface area contributed by atoms with E-state index in [0.29, 0.717) is 36.5 Å². The molecular formula is C23H27NO6. The first-order chi connectivity index (χ1) is 14.5. The van der Waals surface area contributed by atoms with Crippen LogP contribution in [0.3, 0.4) is 0 Å². The third kappa shape index (κ3) is 4.47. The number of methoxy groups -OCH3 is 1. The van der Waals surface area contributed by atoms with Crippen LogP contribution in [0.5, 0.6) is 0 Å². The highest BCUT2D eigenvalue weighted by Crippen LogP contribution is 2.27. The van der Waals surface area contributed by atoms with Gasteiger partial charge in [0.1, 0.15) is 5.58 Å². The Labute approximate surface area is 175 Å². The molecule has 0 saturated carbocycles. The van der Waals surface area contributed by atoms with Gasteiger partial charge in [-0.1, -0.05) is 18.2 Å². The van der Waals surface area contributed by atoms with Crippen molar-refractivity contribution in [1.82, 2.24) is 4.57 Å². The maximum absolute atomic E-state index is 12.7. The van der Waals surface area contributed by atoms with Crippen LogP contribution in [0, 0.1) is 13.8 Å². The van der Waals surface area contributed by atoms with Crippen molar-refractivity contribution in [3.63, 3.8) is 0 Å². The second kappa shape index (κ2) is 9.73. The Morgan fingerprint density at radius 3 is 2.67 bits per heavy atom. The van der Waals surface area contributed by atoms with Crippen LogP contribution in [-0.4, -0.2) is 43.3 Å². The van der Waals surface area contributed by atoms with Crippen molar-refractivity contribution in [1.29, 1.82) is 0 Å². The number of carbonyl (C=O) groups excluding carboxylic acids is 2. The Hall–Kier alpha value is -2.90. The molecule has 3 aromatic rings. The van der Waals surface area contributed by atoms with E-state index in [2.05, 4.69) is 0 Å². The number of rotatable bonds is 10. The van der Waals surface area contributed by atoms with E-state index >= 15 is 0 Å². The Kier molecular flexibility index (Phi) is 7.07. The lowest BCUT2D eigenvalue weighted by molar-refractivity contribution is 0.0438. The van der Waals surface area contributed by atoms with Gasteiger partial charge in [0.25, 0.3) is 0 Å². The average Bonchev–Trinajstić information content (AvgIpc) is 3.26. The van der Waals surface area contributed by atoms with Gasteiger partial charge in [-0.15, -0.1) is 0 Å². The maximum Gasteiger partial charge on any atom is 0.375 e. The Bertz CT molecular complexity index is 1050. The summed E-state index contributed by atoms with van der Waals surface area (Å²) in [7, 11) is 1.64. The topological polar surface area (TPSA) is 79.9 Å². The van der Waals surface area contributed by atoms with Crippen LogP contribution in [0.1, 0.15) is 44.8 Å². The van der Waals surface area contributed by atoms with Gasteiger partial charge in [0.05, 0.1) is 13.2 Å². The number of hydrogen-bond donors (Lipinski definition) is 0. The lowest BCUT2D eigenvalue weighted by atomic mass is 10.1. The number of aromatic nitrogens is 1. The number of hydrogen-bond acceptors (Lipinski definition) is 6. The molecule has 7 nitrogen and oxygen atoms in total. The van der Waals surface area contributed by atoms with Crippen LogP contribution >= 0.6 is 0 Å². The summed E-state index contributed by atoms with van der Waals surface area (Å²) in [6, 6.07) is 9.15. The minimum atomic E-state index is -0.678. The minimum absolute atomic E-state index is 0.0722. The molecule has 30 heavy (non-hydrogen) atoms. The maximum atomic E-state index is 12.7. The van der Waals surface area contributed by atoms with Crippen LogP contribution in [0.2, 0.25) is 0 Å². The number of esters is 1. The first kappa shape index (κ1) is 21.8. The van der Waals surface area contributed by atoms with Crippen molar-refractivity contribution in [3.8, 4) is 0 Å². The van der Waals surface area contributed by atoms with Gasteiger partial charge in [-0.3, -0.25) is 4.79 Å². The summed E-state index contributed by atoms with van der Waals surface area (Å²) in [6.07, 6.45) is 0. The molecule has 0 aliphatic rings. The second-order valence-corrected chi connectivity index (χ2v) is 6.97. The minimum Gasteiger partial charge on any atom is -0.451 e. The van der Waals surface area contributed by atoms with Gasteiger partial charge in [0, 0.05) is 48.2 Å². The molecule has 0 saturated heterocycles. The molecule has 0 radical (unpaired) electrons. The summed E-state index contributed by atoms with van der Waals surface area (Å²) in [5.41, 5.74) is 3.52. The number of fused-ring (bicyclic) bond motifs is 1. The largest absolute Gasteiger partial charge is 0.451 e. The number of Topliss-reactive ketones (excluding diaryl/α,β-unsaturated/α-hetero) is 1. The molecule has 2 aromatic heterocycles. The molecular weight excluding hydrogens is 386 g/mol. The number of ketones is 1. The first-order valence-corrected chi connectivity index (χ1v) is 9.92. The zero-order valence-corrected chi connectivity index (χ0v) is 17.8. The molecule has 0 atom stereocenters. The normalized spacial score (nSPS) is 11.2. The number of aryl methyl sites for hydroxylation is 1. The van der Waals surface area contributed by atoms with Crippen molar-refractivity contribution >= 4 is 22.7 Å². The van der Waals surface area contributed by atoms with Gasteiger partial charge in [-0.2, -0.15) is 0 Å². The van der Waals surface area contributed by atoms with Crippen molar-refractivity contribution in [2.45, 2.75) is 33.9 Å². The van der Waals surface area contributed by atoms with Crippen molar-refractivity contribution in [2.24, 2.45) is 0 Å². The van der Waals surface area contributed by atoms with Gasteiger partial charge in [0.15, 0.2) is 6.61 Å². The van der Waals surface area contributed by atoms with Gasteiger partial charge < -0.3 is 23.2 Å². The SMILES string of the molecule is CCOCc1c(C(=O)OCC(=O)c2cc(C)n(CCOC)c2C)oc2ccccc12. The number of furan rings is 1. The van der Waals surface area contributed by atoms with E-state index in [-0.39, 0.29) is 24.8 Å². The van der Waals surface area contributed by atoms with E-state index in [9.17, 15) is 9.59 Å². The number of para-hydroxylation sites is 1. The smallest absolute Gasteiger partial charge is 0.375 e. The van der Waals surface area contributed by atoms with Crippen LogP contribution in [0.25, 0.3) is 11.0 Å². The van der Waals surface area contributed by atoms with E-state index < -0.39 is 5.97 Å². The summed E-state index contributed by atoms with van der Waals surface area (Å²) in [5.74, 6) is -0.868. The molecule has 7 heteroatoms. The monoisotopic (exact) mass is 413 g/mol. The van der Waals surface area contributed by atoms with Gasteiger partial charge in [0.2, 0.25) is 11.5 Å². The molecule has 0 bridgehead atoms. The zero-order chi connectivity index (χ0) is 21.7. The fraction of sp³-hybridized carbons (Fsp3) is 0.391. The third-order valence-electron chi connectivity index (χ3n) is 5.06. The molecule has 160 valence electrons. The Morgan fingerprint density at radius 2 is 1.93 bits per heavy atom. The molecule has 2 heterocycles. The third-order valence-corrected chi connectivity index (χ3v) is 5.06. The molecule has 0 spiro atoms. The molecule has 0 aliphatic heterocycles. The van der Waals surface area contributed by atoms with Crippen molar-refractivity contribution in [2.75, 3.05) is 26.9 Å². The Balaban J connectivity index is 1.75. The van der Waals surface area contributed by atoms with E-state index in [4.69, 9.17) is 18.6 Å². The fourth-order valence-corrected chi connectivity index (χ4v) is 3.50. The van der Waals surface area contributed by atoms with Gasteiger partial charge >= 0.3 is 5.97 Å². The average molecular weight is 413 g/mol. The van der Waals surface area contributed by atoms with Crippen molar-refractivity contribution in [3.05, 3.63) is 58.6 Å². The highest BCUT2D eigenvalue weighted by molar-refractivity contribution is 6.01. The van der Waals surface area contributed by atoms with Gasteiger partial charge in [-0.05, 0) is 32.9 Å². The van der Waals surface area contributed by atoms with Crippen LogP contribution in [0.15, 0.2) is 34.7 Å². The van der Waals surface area contributed by atoms with E-state index in [0.717, 1.165) is 16.8 Å². The van der Waals surface area contributed by atoms with Crippen LogP contribution in [0.4, 0.5) is 0 Å². The predicted octanol–water partition coefficient (Wildman–Crippen LogP) is 4.07. The zero-order valence-electron chi connectivity index (χ0n) is 17.8.